The van der Waals surface area contributed by atoms with Gasteiger partial charge in [0.25, 0.3) is 0 Å². The van der Waals surface area contributed by atoms with Crippen LogP contribution in [0, 0.1) is 6.92 Å². The quantitative estimate of drug-likeness (QED) is 0.688. The summed E-state index contributed by atoms with van der Waals surface area (Å²) in [6.45, 7) is 7.84. The monoisotopic (exact) mass is 383 g/mol. The summed E-state index contributed by atoms with van der Waals surface area (Å²) in [6.07, 6.45) is 1.80. The van der Waals surface area contributed by atoms with Gasteiger partial charge in [-0.05, 0) is 50.1 Å². The Hall–Kier alpha value is -1.40. The lowest BCUT2D eigenvalue weighted by Gasteiger charge is -2.21. The van der Waals surface area contributed by atoms with E-state index < -0.39 is 0 Å². The van der Waals surface area contributed by atoms with Gasteiger partial charge >= 0.3 is 0 Å². The van der Waals surface area contributed by atoms with Gasteiger partial charge in [-0.3, -0.25) is 14.5 Å². The second-order valence-electron chi connectivity index (χ2n) is 5.57. The van der Waals surface area contributed by atoms with Crippen molar-refractivity contribution in [1.29, 1.82) is 0 Å². The van der Waals surface area contributed by atoms with E-state index in [-0.39, 0.29) is 24.9 Å². The van der Waals surface area contributed by atoms with Gasteiger partial charge in [-0.15, -0.1) is 0 Å². The number of hydrogen-bond donors (Lipinski definition) is 2. The summed E-state index contributed by atoms with van der Waals surface area (Å²) in [5.41, 5.74) is 1.79. The van der Waals surface area contributed by atoms with Gasteiger partial charge in [-0.1, -0.05) is 29.8 Å². The normalized spacial score (nSPS) is 10.7. The Morgan fingerprint density at radius 3 is 2.43 bits per heavy atom. The highest BCUT2D eigenvalue weighted by atomic mass is 79.9. The summed E-state index contributed by atoms with van der Waals surface area (Å²) in [4.78, 5) is 25.9. The molecule has 23 heavy (non-hydrogen) atoms. The Kier molecular flexibility index (Phi) is 8.87. The molecule has 1 rings (SSSR count). The van der Waals surface area contributed by atoms with Crippen molar-refractivity contribution >= 4 is 33.4 Å². The van der Waals surface area contributed by atoms with Crippen molar-refractivity contribution < 1.29 is 9.59 Å². The van der Waals surface area contributed by atoms with Crippen molar-refractivity contribution in [2.45, 2.75) is 33.6 Å². The number of halogens is 1. The fraction of sp³-hybridized carbons (Fsp3) is 0.529. The zero-order valence-electron chi connectivity index (χ0n) is 14.1. The van der Waals surface area contributed by atoms with Crippen LogP contribution in [-0.2, 0) is 9.59 Å². The van der Waals surface area contributed by atoms with Crippen molar-refractivity contribution in [3.05, 3.63) is 28.2 Å². The summed E-state index contributed by atoms with van der Waals surface area (Å²) in [5.74, 6) is -0.139. The summed E-state index contributed by atoms with van der Waals surface area (Å²) in [6, 6.07) is 5.72. The Bertz CT molecular complexity index is 535. The third-order valence-corrected chi connectivity index (χ3v) is 3.80. The summed E-state index contributed by atoms with van der Waals surface area (Å²) >= 11 is 3.41. The zero-order chi connectivity index (χ0) is 17.2. The van der Waals surface area contributed by atoms with Crippen LogP contribution in [0.15, 0.2) is 22.7 Å². The van der Waals surface area contributed by atoms with Crippen LogP contribution in [0.2, 0.25) is 0 Å². The molecular formula is C17H26BrN3O2. The van der Waals surface area contributed by atoms with Gasteiger partial charge in [0.15, 0.2) is 0 Å². The number of amides is 2. The zero-order valence-corrected chi connectivity index (χ0v) is 15.7. The largest absolute Gasteiger partial charge is 0.355 e. The molecule has 5 nitrogen and oxygen atoms in total. The Balaban J connectivity index is 2.57. The molecule has 0 atom stereocenters. The van der Waals surface area contributed by atoms with Gasteiger partial charge in [-0.2, -0.15) is 0 Å². The van der Waals surface area contributed by atoms with Crippen molar-refractivity contribution in [1.82, 2.24) is 10.2 Å². The van der Waals surface area contributed by atoms with E-state index >= 15 is 0 Å². The number of hydrogen-bond acceptors (Lipinski definition) is 3. The van der Waals surface area contributed by atoms with Crippen molar-refractivity contribution in [2.75, 3.05) is 31.5 Å². The first-order valence-electron chi connectivity index (χ1n) is 8.01. The number of nitrogens with one attached hydrogen (secondary N) is 2. The lowest BCUT2D eigenvalue weighted by Crippen LogP contribution is -2.41. The van der Waals surface area contributed by atoms with E-state index in [0.717, 1.165) is 28.6 Å². The smallest absolute Gasteiger partial charge is 0.238 e. The van der Waals surface area contributed by atoms with E-state index in [1.807, 2.05) is 43.9 Å². The lowest BCUT2D eigenvalue weighted by molar-refractivity contribution is -0.123. The molecule has 2 N–H and O–H groups in total. The average Bonchev–Trinajstić information content (AvgIpc) is 2.48. The van der Waals surface area contributed by atoms with Crippen molar-refractivity contribution in [3.8, 4) is 0 Å². The summed E-state index contributed by atoms with van der Waals surface area (Å²) in [7, 11) is 0. The minimum absolute atomic E-state index is 0.0343. The van der Waals surface area contributed by atoms with E-state index in [0.29, 0.717) is 13.1 Å². The van der Waals surface area contributed by atoms with Crippen LogP contribution in [0.5, 0.6) is 0 Å². The molecule has 0 saturated carbocycles. The Labute approximate surface area is 146 Å². The molecule has 1 aromatic rings. The summed E-state index contributed by atoms with van der Waals surface area (Å²) in [5, 5.41) is 5.75. The minimum atomic E-state index is -0.104. The molecule has 0 aliphatic rings. The molecule has 0 spiro atoms. The number of carbonyl (C=O) groups is 2. The average molecular weight is 384 g/mol. The SMILES string of the molecule is CCCNC(=O)CN(CCC)CC(=O)Nc1ccc(Br)cc1C. The molecule has 0 aliphatic carbocycles. The predicted octanol–water partition coefficient (Wildman–Crippen LogP) is 2.93. The maximum Gasteiger partial charge on any atom is 0.238 e. The van der Waals surface area contributed by atoms with Gasteiger partial charge < -0.3 is 10.6 Å². The van der Waals surface area contributed by atoms with Gasteiger partial charge in [0, 0.05) is 16.7 Å². The third kappa shape index (κ3) is 7.61. The maximum absolute atomic E-state index is 12.2. The second kappa shape index (κ2) is 10.4. The van der Waals surface area contributed by atoms with Crippen molar-refractivity contribution in [2.24, 2.45) is 0 Å². The topological polar surface area (TPSA) is 61.4 Å². The van der Waals surface area contributed by atoms with Crippen LogP contribution in [0.25, 0.3) is 0 Å². The summed E-state index contributed by atoms with van der Waals surface area (Å²) < 4.78 is 0.980. The highest BCUT2D eigenvalue weighted by Crippen LogP contribution is 2.19. The van der Waals surface area contributed by atoms with Crippen molar-refractivity contribution in [3.63, 3.8) is 0 Å². The molecule has 0 aliphatic heterocycles. The van der Waals surface area contributed by atoms with Gasteiger partial charge in [-0.25, -0.2) is 0 Å². The molecule has 0 unspecified atom stereocenters. The van der Waals surface area contributed by atoms with Crippen LogP contribution < -0.4 is 10.6 Å². The third-order valence-electron chi connectivity index (χ3n) is 3.31. The molecule has 128 valence electrons. The number of carbonyl (C=O) groups excluding carboxylic acids is 2. The highest BCUT2D eigenvalue weighted by Gasteiger charge is 2.14. The Morgan fingerprint density at radius 2 is 1.83 bits per heavy atom. The highest BCUT2D eigenvalue weighted by molar-refractivity contribution is 9.10. The number of nitrogens with zero attached hydrogens (tertiary/aromatic N) is 1. The van der Waals surface area contributed by atoms with Gasteiger partial charge in [0.1, 0.15) is 0 Å². The van der Waals surface area contributed by atoms with E-state index in [1.165, 1.54) is 0 Å². The van der Waals surface area contributed by atoms with Crippen LogP contribution >= 0.6 is 15.9 Å². The lowest BCUT2D eigenvalue weighted by atomic mass is 10.2. The fourth-order valence-electron chi connectivity index (χ4n) is 2.21. The molecule has 0 saturated heterocycles. The minimum Gasteiger partial charge on any atom is -0.355 e. The molecule has 0 aromatic heterocycles. The molecule has 0 bridgehead atoms. The molecule has 2 amide bonds. The number of anilines is 1. The van der Waals surface area contributed by atoms with E-state index in [9.17, 15) is 9.59 Å². The first kappa shape index (κ1) is 19.6. The van der Waals surface area contributed by atoms with Crippen LogP contribution in [-0.4, -0.2) is 42.9 Å². The number of benzene rings is 1. The van der Waals surface area contributed by atoms with Crippen LogP contribution in [0.4, 0.5) is 5.69 Å². The predicted molar refractivity (Wildman–Crippen MR) is 97.5 cm³/mol. The van der Waals surface area contributed by atoms with Gasteiger partial charge in [0.05, 0.1) is 13.1 Å². The first-order valence-corrected chi connectivity index (χ1v) is 8.80. The number of rotatable bonds is 9. The maximum atomic E-state index is 12.2. The second-order valence-corrected chi connectivity index (χ2v) is 6.48. The fourth-order valence-corrected chi connectivity index (χ4v) is 2.69. The molecular weight excluding hydrogens is 358 g/mol. The van der Waals surface area contributed by atoms with Crippen LogP contribution in [0.1, 0.15) is 32.3 Å². The molecule has 0 fully saturated rings. The van der Waals surface area contributed by atoms with E-state index in [4.69, 9.17) is 0 Å². The van der Waals surface area contributed by atoms with Gasteiger partial charge in [0.2, 0.25) is 11.8 Å². The Morgan fingerprint density at radius 1 is 1.13 bits per heavy atom. The molecule has 6 heteroatoms. The van der Waals surface area contributed by atoms with E-state index in [1.54, 1.807) is 0 Å². The molecule has 0 radical (unpaired) electrons. The van der Waals surface area contributed by atoms with E-state index in [2.05, 4.69) is 26.6 Å². The standard InChI is InChI=1S/C17H26BrN3O2/c1-4-8-19-16(22)11-21(9-5-2)12-17(23)20-15-7-6-14(18)10-13(15)3/h6-7,10H,4-5,8-9,11-12H2,1-3H3,(H,19,22)(H,20,23). The van der Waals surface area contributed by atoms with Crippen LogP contribution in [0.3, 0.4) is 0 Å². The number of aryl methyl sites for hydroxylation is 1. The molecule has 0 heterocycles. The molecule has 1 aromatic carbocycles. The first-order chi connectivity index (χ1) is 11.0.